The second-order valence-corrected chi connectivity index (χ2v) is 6.12. The summed E-state index contributed by atoms with van der Waals surface area (Å²) in [4.78, 5) is 20.2. The lowest BCUT2D eigenvalue weighted by Crippen LogP contribution is -2.48. The fourth-order valence-corrected chi connectivity index (χ4v) is 2.74. The molecule has 1 aliphatic heterocycles. The summed E-state index contributed by atoms with van der Waals surface area (Å²) in [5.74, 6) is 2.49. The molecule has 1 heterocycles. The van der Waals surface area contributed by atoms with E-state index in [1.165, 1.54) is 6.42 Å². The Hall–Kier alpha value is -1.26. The molecule has 2 unspecified atom stereocenters. The molecular formula is C15H30N4O. The van der Waals surface area contributed by atoms with Crippen molar-refractivity contribution in [3.8, 4) is 0 Å². The van der Waals surface area contributed by atoms with Crippen LogP contribution < -0.4 is 5.32 Å². The maximum atomic E-state index is 11.6. The van der Waals surface area contributed by atoms with Gasteiger partial charge in [-0.3, -0.25) is 9.79 Å². The van der Waals surface area contributed by atoms with Crippen LogP contribution in [0.25, 0.3) is 0 Å². The molecule has 0 aliphatic carbocycles. The van der Waals surface area contributed by atoms with Crippen LogP contribution in [0.3, 0.4) is 0 Å². The average molecular weight is 282 g/mol. The SMILES string of the molecule is CCNC(=NCCC(=O)N(C)C)N1CC(C)CC(C)C1. The predicted octanol–water partition coefficient (Wildman–Crippen LogP) is 1.41. The highest BCUT2D eigenvalue weighted by Gasteiger charge is 2.23. The van der Waals surface area contributed by atoms with Gasteiger partial charge in [-0.2, -0.15) is 0 Å². The number of amides is 1. The molecule has 0 radical (unpaired) electrons. The largest absolute Gasteiger partial charge is 0.357 e. The molecule has 1 fully saturated rings. The fourth-order valence-electron chi connectivity index (χ4n) is 2.74. The molecule has 2 atom stereocenters. The second kappa shape index (κ2) is 8.12. The van der Waals surface area contributed by atoms with E-state index < -0.39 is 0 Å². The summed E-state index contributed by atoms with van der Waals surface area (Å²) in [5.41, 5.74) is 0. The Kier molecular flexibility index (Phi) is 6.82. The van der Waals surface area contributed by atoms with Crippen molar-refractivity contribution in [2.45, 2.75) is 33.6 Å². The molecule has 1 aliphatic rings. The molecule has 5 heteroatoms. The van der Waals surface area contributed by atoms with Crippen LogP contribution in [0.5, 0.6) is 0 Å². The van der Waals surface area contributed by atoms with E-state index in [2.05, 4.69) is 36.0 Å². The lowest BCUT2D eigenvalue weighted by Gasteiger charge is -2.37. The van der Waals surface area contributed by atoms with Crippen molar-refractivity contribution < 1.29 is 4.79 Å². The zero-order valence-corrected chi connectivity index (χ0v) is 13.6. The number of likely N-dealkylation sites (tertiary alicyclic amines) is 1. The maximum absolute atomic E-state index is 11.6. The molecule has 1 N–H and O–H groups in total. The molecule has 0 aromatic carbocycles. The first-order chi connectivity index (χ1) is 9.43. The first-order valence-corrected chi connectivity index (χ1v) is 7.67. The standard InChI is InChI=1S/C15H30N4O/c1-6-16-15(17-8-7-14(20)18(4)5)19-10-12(2)9-13(3)11-19/h12-13H,6-11H2,1-5H3,(H,16,17). The normalized spacial score (nSPS) is 23.6. The summed E-state index contributed by atoms with van der Waals surface area (Å²) in [6.45, 7) is 10.2. The summed E-state index contributed by atoms with van der Waals surface area (Å²) in [6.07, 6.45) is 1.76. The van der Waals surface area contributed by atoms with E-state index in [0.717, 1.165) is 25.6 Å². The highest BCUT2D eigenvalue weighted by Crippen LogP contribution is 2.20. The number of hydrogen-bond acceptors (Lipinski definition) is 2. The van der Waals surface area contributed by atoms with Gasteiger partial charge in [0.25, 0.3) is 0 Å². The van der Waals surface area contributed by atoms with E-state index in [-0.39, 0.29) is 5.91 Å². The monoisotopic (exact) mass is 282 g/mol. The predicted molar refractivity (Wildman–Crippen MR) is 83.8 cm³/mol. The summed E-state index contributed by atoms with van der Waals surface area (Å²) >= 11 is 0. The van der Waals surface area contributed by atoms with Gasteiger partial charge in [-0.25, -0.2) is 0 Å². The third-order valence-corrected chi connectivity index (χ3v) is 3.59. The van der Waals surface area contributed by atoms with Gasteiger partial charge in [0.1, 0.15) is 0 Å². The first-order valence-electron chi connectivity index (χ1n) is 7.67. The lowest BCUT2D eigenvalue weighted by atomic mass is 9.92. The Labute approximate surface area is 123 Å². The quantitative estimate of drug-likeness (QED) is 0.626. The highest BCUT2D eigenvalue weighted by atomic mass is 16.2. The molecule has 0 spiro atoms. The van der Waals surface area contributed by atoms with Crippen LogP contribution in [-0.4, -0.2) is 61.9 Å². The zero-order chi connectivity index (χ0) is 15.1. The van der Waals surface area contributed by atoms with Gasteiger partial charge in [0.05, 0.1) is 6.54 Å². The third kappa shape index (κ3) is 5.39. The molecular weight excluding hydrogens is 252 g/mol. The van der Waals surface area contributed by atoms with E-state index >= 15 is 0 Å². The topological polar surface area (TPSA) is 47.9 Å². The molecule has 5 nitrogen and oxygen atoms in total. The van der Waals surface area contributed by atoms with Crippen molar-refractivity contribution in [2.75, 3.05) is 40.3 Å². The highest BCUT2D eigenvalue weighted by molar-refractivity contribution is 5.81. The van der Waals surface area contributed by atoms with Crippen LogP contribution in [0.1, 0.15) is 33.6 Å². The number of hydrogen-bond donors (Lipinski definition) is 1. The van der Waals surface area contributed by atoms with E-state index in [9.17, 15) is 4.79 Å². The van der Waals surface area contributed by atoms with E-state index in [1.54, 1.807) is 19.0 Å². The van der Waals surface area contributed by atoms with Crippen molar-refractivity contribution in [1.82, 2.24) is 15.1 Å². The third-order valence-electron chi connectivity index (χ3n) is 3.59. The summed E-state index contributed by atoms with van der Waals surface area (Å²) in [6, 6.07) is 0. The zero-order valence-electron chi connectivity index (χ0n) is 13.6. The molecule has 20 heavy (non-hydrogen) atoms. The molecule has 0 aromatic rings. The van der Waals surface area contributed by atoms with Gasteiger partial charge >= 0.3 is 0 Å². The Morgan fingerprint density at radius 1 is 1.30 bits per heavy atom. The van der Waals surface area contributed by atoms with Gasteiger partial charge in [0, 0.05) is 40.2 Å². The van der Waals surface area contributed by atoms with Gasteiger partial charge in [-0.1, -0.05) is 13.8 Å². The van der Waals surface area contributed by atoms with Gasteiger partial charge in [-0.05, 0) is 25.2 Å². The minimum Gasteiger partial charge on any atom is -0.357 e. The molecule has 0 saturated carbocycles. The number of carbonyl (C=O) groups excluding carboxylic acids is 1. The number of nitrogens with one attached hydrogen (secondary N) is 1. The Morgan fingerprint density at radius 2 is 1.90 bits per heavy atom. The molecule has 116 valence electrons. The van der Waals surface area contributed by atoms with Gasteiger partial charge in [0.2, 0.25) is 5.91 Å². The molecule has 1 saturated heterocycles. The second-order valence-electron chi connectivity index (χ2n) is 6.12. The Bertz CT molecular complexity index is 331. The van der Waals surface area contributed by atoms with Gasteiger partial charge in [-0.15, -0.1) is 0 Å². The van der Waals surface area contributed by atoms with Crippen LogP contribution in [-0.2, 0) is 4.79 Å². The van der Waals surface area contributed by atoms with E-state index in [1.807, 2.05) is 0 Å². The van der Waals surface area contributed by atoms with Crippen LogP contribution in [0, 0.1) is 11.8 Å². The van der Waals surface area contributed by atoms with Crippen LogP contribution in [0.4, 0.5) is 0 Å². The molecule has 0 aromatic heterocycles. The van der Waals surface area contributed by atoms with Crippen molar-refractivity contribution in [2.24, 2.45) is 16.8 Å². The number of guanidine groups is 1. The van der Waals surface area contributed by atoms with E-state index in [0.29, 0.717) is 24.8 Å². The lowest BCUT2D eigenvalue weighted by molar-refractivity contribution is -0.128. The van der Waals surface area contributed by atoms with Crippen molar-refractivity contribution >= 4 is 11.9 Å². The summed E-state index contributed by atoms with van der Waals surface area (Å²) in [7, 11) is 3.57. The number of rotatable bonds is 4. The number of nitrogens with zero attached hydrogens (tertiary/aromatic N) is 3. The average Bonchev–Trinajstić information content (AvgIpc) is 2.36. The maximum Gasteiger partial charge on any atom is 0.223 e. The number of piperidine rings is 1. The Balaban J connectivity index is 2.60. The summed E-state index contributed by atoms with van der Waals surface area (Å²) in [5, 5.41) is 3.35. The van der Waals surface area contributed by atoms with Gasteiger partial charge in [0.15, 0.2) is 5.96 Å². The van der Waals surface area contributed by atoms with Gasteiger partial charge < -0.3 is 15.1 Å². The number of carbonyl (C=O) groups is 1. The van der Waals surface area contributed by atoms with Crippen molar-refractivity contribution in [3.63, 3.8) is 0 Å². The van der Waals surface area contributed by atoms with Crippen molar-refractivity contribution in [1.29, 1.82) is 0 Å². The smallest absolute Gasteiger partial charge is 0.223 e. The van der Waals surface area contributed by atoms with Crippen LogP contribution >= 0.6 is 0 Å². The fraction of sp³-hybridized carbons (Fsp3) is 0.867. The Morgan fingerprint density at radius 3 is 2.40 bits per heavy atom. The summed E-state index contributed by atoms with van der Waals surface area (Å²) < 4.78 is 0. The minimum atomic E-state index is 0.130. The minimum absolute atomic E-state index is 0.130. The van der Waals surface area contributed by atoms with Crippen molar-refractivity contribution in [3.05, 3.63) is 0 Å². The molecule has 1 rings (SSSR count). The first kappa shape index (κ1) is 16.8. The van der Waals surface area contributed by atoms with Crippen LogP contribution in [0.2, 0.25) is 0 Å². The molecule has 0 bridgehead atoms. The van der Waals surface area contributed by atoms with E-state index in [4.69, 9.17) is 0 Å². The molecule has 1 amide bonds. The number of aliphatic imine (C=N–C) groups is 1. The van der Waals surface area contributed by atoms with Crippen LogP contribution in [0.15, 0.2) is 4.99 Å².